The van der Waals surface area contributed by atoms with Gasteiger partial charge in [-0.2, -0.15) is 5.10 Å². The van der Waals surface area contributed by atoms with Crippen LogP contribution in [-0.4, -0.2) is 34.4 Å². The van der Waals surface area contributed by atoms with Crippen molar-refractivity contribution in [3.63, 3.8) is 0 Å². The van der Waals surface area contributed by atoms with Crippen molar-refractivity contribution in [3.05, 3.63) is 41.3 Å². The molecule has 2 heterocycles. The van der Waals surface area contributed by atoms with Gasteiger partial charge in [0.15, 0.2) is 0 Å². The van der Waals surface area contributed by atoms with Crippen molar-refractivity contribution in [2.24, 2.45) is 0 Å². The molecule has 0 fully saturated rings. The maximum absolute atomic E-state index is 6.02. The molecule has 0 aliphatic rings. The first-order valence-electron chi connectivity index (χ1n) is 8.36. The number of hydrogen-bond acceptors (Lipinski definition) is 4. The number of aromatic nitrogens is 4. The molecule has 3 rings (SSSR count). The van der Waals surface area contributed by atoms with Crippen LogP contribution in [-0.2, 0) is 11.5 Å². The maximum atomic E-state index is 6.02. The molecule has 7 heteroatoms. The summed E-state index contributed by atoms with van der Waals surface area (Å²) in [6.07, 6.45) is 1.46. The Kier molecular flexibility index (Phi) is 5.22. The van der Waals surface area contributed by atoms with E-state index in [4.69, 9.17) is 21.4 Å². The van der Waals surface area contributed by atoms with Crippen LogP contribution < -0.4 is 0 Å². The molecule has 1 aromatic carbocycles. The fourth-order valence-corrected chi connectivity index (χ4v) is 3.48. The van der Waals surface area contributed by atoms with Crippen LogP contribution in [0.5, 0.6) is 0 Å². The molecule has 2 aromatic heterocycles. The van der Waals surface area contributed by atoms with Crippen molar-refractivity contribution in [2.75, 3.05) is 6.61 Å². The Morgan fingerprint density at radius 1 is 1.16 bits per heavy atom. The first-order chi connectivity index (χ1) is 11.8. The van der Waals surface area contributed by atoms with Gasteiger partial charge < -0.3 is 4.74 Å². The Labute approximate surface area is 154 Å². The molecule has 0 amide bonds. The number of ether oxygens (including phenoxy) is 1. The molecule has 0 aliphatic carbocycles. The van der Waals surface area contributed by atoms with E-state index in [9.17, 15) is 0 Å². The van der Waals surface area contributed by atoms with Crippen LogP contribution in [0.1, 0.15) is 5.56 Å². The van der Waals surface area contributed by atoms with E-state index >= 15 is 0 Å². The van der Waals surface area contributed by atoms with E-state index in [1.165, 1.54) is 11.9 Å². The third-order valence-electron chi connectivity index (χ3n) is 3.99. The molecule has 0 unspecified atom stereocenters. The van der Waals surface area contributed by atoms with Gasteiger partial charge in [0.1, 0.15) is 23.9 Å². The Hall–Kier alpha value is -1.76. The summed E-state index contributed by atoms with van der Waals surface area (Å²) in [5.41, 5.74) is 3.73. The van der Waals surface area contributed by atoms with Gasteiger partial charge in [-0.15, -0.1) is 0 Å². The highest BCUT2D eigenvalue weighted by Crippen LogP contribution is 2.28. The highest BCUT2D eigenvalue weighted by Gasteiger charge is 2.15. The first-order valence-corrected chi connectivity index (χ1v) is 12.4. The summed E-state index contributed by atoms with van der Waals surface area (Å²) in [6.45, 7) is 10.3. The zero-order valence-corrected chi connectivity index (χ0v) is 16.8. The second-order valence-electron chi connectivity index (χ2n) is 7.44. The average Bonchev–Trinajstić information content (AvgIpc) is 2.88. The van der Waals surface area contributed by atoms with Gasteiger partial charge in [-0.1, -0.05) is 42.9 Å². The number of aryl methyl sites for hydroxylation is 1. The normalized spacial score (nSPS) is 12.0. The van der Waals surface area contributed by atoms with E-state index in [1.54, 1.807) is 6.07 Å². The topological polar surface area (TPSA) is 52.8 Å². The standard InChI is InChI=1S/C18H23ClN4OSi/c1-13-5-6-16-14(9-13)18(15-10-17(19)21-11-20-15)22-23(16)12-24-7-8-25(2,3)4/h5-6,9-11H,7-8,12H2,1-4H3. The minimum absolute atomic E-state index is 0.409. The third kappa shape index (κ3) is 4.45. The molecule has 0 N–H and O–H groups in total. The zero-order valence-electron chi connectivity index (χ0n) is 15.1. The second kappa shape index (κ2) is 7.23. The first kappa shape index (κ1) is 18.0. The van der Waals surface area contributed by atoms with Gasteiger partial charge in [-0.3, -0.25) is 0 Å². The Morgan fingerprint density at radius 2 is 1.96 bits per heavy atom. The number of rotatable bonds is 6. The molecule has 0 atom stereocenters. The summed E-state index contributed by atoms with van der Waals surface area (Å²) >= 11 is 6.02. The van der Waals surface area contributed by atoms with Crippen molar-refractivity contribution in [2.45, 2.75) is 39.3 Å². The lowest BCUT2D eigenvalue weighted by Crippen LogP contribution is -2.22. The average molecular weight is 375 g/mol. The van der Waals surface area contributed by atoms with Crippen LogP contribution in [0.4, 0.5) is 0 Å². The monoisotopic (exact) mass is 374 g/mol. The van der Waals surface area contributed by atoms with Crippen LogP contribution in [0.25, 0.3) is 22.3 Å². The highest BCUT2D eigenvalue weighted by atomic mass is 35.5. The summed E-state index contributed by atoms with van der Waals surface area (Å²) in [5, 5.41) is 6.18. The van der Waals surface area contributed by atoms with Gasteiger partial charge in [0.2, 0.25) is 0 Å². The van der Waals surface area contributed by atoms with E-state index in [2.05, 4.69) is 54.7 Å². The number of halogens is 1. The quantitative estimate of drug-likeness (QED) is 0.354. The number of fused-ring (bicyclic) bond motifs is 1. The SMILES string of the molecule is Cc1ccc2c(c1)c(-c1cc(Cl)ncn1)nn2COCC[Si](C)(C)C. The molecular weight excluding hydrogens is 352 g/mol. The molecule has 25 heavy (non-hydrogen) atoms. The fraction of sp³-hybridized carbons (Fsp3) is 0.389. The lowest BCUT2D eigenvalue weighted by molar-refractivity contribution is 0.0818. The Balaban J connectivity index is 1.92. The van der Waals surface area contributed by atoms with E-state index < -0.39 is 8.07 Å². The minimum atomic E-state index is -1.10. The van der Waals surface area contributed by atoms with E-state index in [0.29, 0.717) is 11.9 Å². The molecule has 132 valence electrons. The Morgan fingerprint density at radius 3 is 2.68 bits per heavy atom. The summed E-state index contributed by atoms with van der Waals surface area (Å²) in [5.74, 6) is 0. The largest absolute Gasteiger partial charge is 0.360 e. The molecule has 0 bridgehead atoms. The second-order valence-corrected chi connectivity index (χ2v) is 13.5. The molecule has 3 aromatic rings. The number of hydrogen-bond donors (Lipinski definition) is 0. The van der Waals surface area contributed by atoms with Crippen molar-refractivity contribution >= 4 is 30.6 Å². The predicted molar refractivity (Wildman–Crippen MR) is 105 cm³/mol. The van der Waals surface area contributed by atoms with E-state index in [1.807, 2.05) is 4.68 Å². The van der Waals surface area contributed by atoms with Gasteiger partial charge >= 0.3 is 0 Å². The van der Waals surface area contributed by atoms with E-state index in [0.717, 1.165) is 34.9 Å². The van der Waals surface area contributed by atoms with Crippen LogP contribution in [0.15, 0.2) is 30.6 Å². The van der Waals surface area contributed by atoms with Crippen molar-refractivity contribution in [1.82, 2.24) is 19.7 Å². The Bertz CT molecular complexity index is 888. The van der Waals surface area contributed by atoms with Crippen molar-refractivity contribution in [3.8, 4) is 11.4 Å². The predicted octanol–water partition coefficient (Wildman–Crippen LogP) is 4.77. The van der Waals surface area contributed by atoms with Crippen molar-refractivity contribution in [1.29, 1.82) is 0 Å². The maximum Gasteiger partial charge on any atom is 0.140 e. The molecule has 0 saturated heterocycles. The fourth-order valence-electron chi connectivity index (χ4n) is 2.57. The smallest absolute Gasteiger partial charge is 0.140 e. The number of nitrogens with zero attached hydrogens (tertiary/aromatic N) is 4. The van der Waals surface area contributed by atoms with Gasteiger partial charge in [0, 0.05) is 26.1 Å². The van der Waals surface area contributed by atoms with Gasteiger partial charge in [0.25, 0.3) is 0 Å². The highest BCUT2D eigenvalue weighted by molar-refractivity contribution is 6.76. The molecular formula is C18H23ClN4OSi. The molecule has 0 aliphatic heterocycles. The number of benzene rings is 1. The summed E-state index contributed by atoms with van der Waals surface area (Å²) < 4.78 is 7.78. The van der Waals surface area contributed by atoms with Gasteiger partial charge in [0.05, 0.1) is 11.2 Å². The molecule has 5 nitrogen and oxygen atoms in total. The summed E-state index contributed by atoms with van der Waals surface area (Å²) in [6, 6.07) is 9.15. The van der Waals surface area contributed by atoms with Crippen LogP contribution in [0, 0.1) is 6.92 Å². The van der Waals surface area contributed by atoms with Crippen LogP contribution in [0.3, 0.4) is 0 Å². The van der Waals surface area contributed by atoms with Gasteiger partial charge in [-0.25, -0.2) is 14.6 Å². The summed E-state index contributed by atoms with van der Waals surface area (Å²) in [4.78, 5) is 8.28. The van der Waals surface area contributed by atoms with Gasteiger partial charge in [-0.05, 0) is 25.1 Å². The zero-order chi connectivity index (χ0) is 18.0. The molecule has 0 radical (unpaired) electrons. The molecule has 0 saturated carbocycles. The van der Waals surface area contributed by atoms with E-state index in [-0.39, 0.29) is 0 Å². The minimum Gasteiger partial charge on any atom is -0.360 e. The lowest BCUT2D eigenvalue weighted by atomic mass is 10.1. The lowest BCUT2D eigenvalue weighted by Gasteiger charge is -2.15. The van der Waals surface area contributed by atoms with Crippen molar-refractivity contribution < 1.29 is 4.74 Å². The summed E-state index contributed by atoms with van der Waals surface area (Å²) in [7, 11) is -1.10. The molecule has 0 spiro atoms. The van der Waals surface area contributed by atoms with Crippen LogP contribution >= 0.6 is 11.6 Å². The third-order valence-corrected chi connectivity index (χ3v) is 5.90. The van der Waals surface area contributed by atoms with Crippen LogP contribution in [0.2, 0.25) is 30.8 Å².